The van der Waals surface area contributed by atoms with E-state index >= 15 is 0 Å². The summed E-state index contributed by atoms with van der Waals surface area (Å²) in [5.74, 6) is -0.461. The van der Waals surface area contributed by atoms with Crippen LogP contribution in [0.1, 0.15) is 51.8 Å². The minimum Gasteiger partial charge on any atom is -0.378 e. The lowest BCUT2D eigenvalue weighted by molar-refractivity contribution is 0.0994. The molecule has 1 unspecified atom stereocenters. The van der Waals surface area contributed by atoms with Crippen LogP contribution < -0.4 is 10.6 Å². The third kappa shape index (κ3) is 2.93. The Kier molecular flexibility index (Phi) is 4.28. The van der Waals surface area contributed by atoms with Gasteiger partial charge in [-0.25, -0.2) is 0 Å². The molecular formula is C25H26N4O. The van der Waals surface area contributed by atoms with Crippen molar-refractivity contribution in [1.29, 1.82) is 0 Å². The summed E-state index contributed by atoms with van der Waals surface area (Å²) in [6.45, 7) is 0. The van der Waals surface area contributed by atoms with E-state index in [1.807, 2.05) is 6.07 Å². The normalized spacial score (nSPS) is 20.1. The summed E-state index contributed by atoms with van der Waals surface area (Å²) >= 11 is 0. The number of anilines is 1. The molecule has 5 heteroatoms. The van der Waals surface area contributed by atoms with Crippen LogP contribution in [0, 0.1) is 0 Å². The Bertz CT molecular complexity index is 1140. The first-order chi connectivity index (χ1) is 14.5. The molecule has 3 aromatic rings. The molecule has 0 bridgehead atoms. The van der Waals surface area contributed by atoms with Gasteiger partial charge in [-0.1, -0.05) is 54.6 Å². The van der Waals surface area contributed by atoms with Crippen LogP contribution in [0.2, 0.25) is 0 Å². The van der Waals surface area contributed by atoms with E-state index in [0.717, 1.165) is 36.2 Å². The number of fused-ring (bicyclic) bond motifs is 1. The minimum atomic E-state index is -0.461. The lowest BCUT2D eigenvalue weighted by Gasteiger charge is -2.35. The van der Waals surface area contributed by atoms with Gasteiger partial charge in [0.25, 0.3) is 5.91 Å². The molecular weight excluding hydrogens is 372 g/mol. The number of amides is 1. The molecule has 1 heterocycles. The summed E-state index contributed by atoms with van der Waals surface area (Å²) in [5.41, 5.74) is 11.3. The summed E-state index contributed by atoms with van der Waals surface area (Å²) in [5, 5.41) is 4.63. The molecule has 2 aromatic carbocycles. The lowest BCUT2D eigenvalue weighted by atomic mass is 9.68. The smallest absolute Gasteiger partial charge is 0.269 e. The number of nitrogens with zero attached hydrogens (tertiary/aromatic N) is 3. The molecule has 1 fully saturated rings. The van der Waals surface area contributed by atoms with Gasteiger partial charge in [0.1, 0.15) is 0 Å². The van der Waals surface area contributed by atoms with Crippen molar-refractivity contribution in [3.63, 3.8) is 0 Å². The molecule has 5 nitrogen and oxygen atoms in total. The standard InChI is InChI=1S/C25H26N4O/c1-28(2)20-10-6-9-18(15-20)25(17-7-4-3-5-8-17)14-13-21-22(16-25)29(19-11-12-19)27-23(21)24(26)30/h3-10,13-15,19H,11-12,16H2,1-2H3,(H2,26,30). The Labute approximate surface area is 176 Å². The highest BCUT2D eigenvalue weighted by Crippen LogP contribution is 2.45. The highest BCUT2D eigenvalue weighted by molar-refractivity contribution is 5.95. The number of aromatic nitrogens is 2. The van der Waals surface area contributed by atoms with Gasteiger partial charge in [-0.3, -0.25) is 9.48 Å². The molecule has 0 aliphatic heterocycles. The van der Waals surface area contributed by atoms with E-state index in [9.17, 15) is 4.79 Å². The molecule has 0 saturated heterocycles. The molecule has 5 rings (SSSR count). The molecule has 30 heavy (non-hydrogen) atoms. The quantitative estimate of drug-likeness (QED) is 0.708. The van der Waals surface area contributed by atoms with Gasteiger partial charge in [0.05, 0.1) is 6.04 Å². The topological polar surface area (TPSA) is 64.2 Å². The van der Waals surface area contributed by atoms with Gasteiger partial charge < -0.3 is 10.6 Å². The van der Waals surface area contributed by atoms with Crippen molar-refractivity contribution in [2.75, 3.05) is 19.0 Å². The SMILES string of the molecule is CN(C)c1cccc(C2(c3ccccc3)C=Cc3c(C(N)=O)nn(C4CC4)c3C2)c1. The highest BCUT2D eigenvalue weighted by Gasteiger charge is 2.40. The second kappa shape index (κ2) is 6.87. The van der Waals surface area contributed by atoms with Crippen LogP contribution in [0.4, 0.5) is 5.69 Å². The van der Waals surface area contributed by atoms with Gasteiger partial charge in [0, 0.05) is 42.9 Å². The Hall–Kier alpha value is -3.34. The second-order valence-electron chi connectivity index (χ2n) is 8.54. The first-order valence-corrected chi connectivity index (χ1v) is 10.4. The fourth-order valence-electron chi connectivity index (χ4n) is 4.55. The van der Waals surface area contributed by atoms with E-state index in [4.69, 9.17) is 5.73 Å². The predicted molar refractivity (Wildman–Crippen MR) is 120 cm³/mol. The van der Waals surface area contributed by atoms with Crippen molar-refractivity contribution in [1.82, 2.24) is 9.78 Å². The number of benzene rings is 2. The molecule has 0 spiro atoms. The van der Waals surface area contributed by atoms with Crippen molar-refractivity contribution in [3.8, 4) is 0 Å². The molecule has 1 amide bonds. The monoisotopic (exact) mass is 398 g/mol. The van der Waals surface area contributed by atoms with Crippen LogP contribution in [0.5, 0.6) is 0 Å². The molecule has 1 atom stereocenters. The summed E-state index contributed by atoms with van der Waals surface area (Å²) in [7, 11) is 4.12. The summed E-state index contributed by atoms with van der Waals surface area (Å²) in [4.78, 5) is 14.2. The number of rotatable bonds is 5. The Morgan fingerprint density at radius 2 is 1.83 bits per heavy atom. The van der Waals surface area contributed by atoms with Gasteiger partial charge in [0.2, 0.25) is 0 Å². The van der Waals surface area contributed by atoms with E-state index in [1.54, 1.807) is 0 Å². The Morgan fingerprint density at radius 1 is 1.10 bits per heavy atom. The number of carbonyl (C=O) groups excluding carboxylic acids is 1. The van der Waals surface area contributed by atoms with E-state index in [-0.39, 0.29) is 5.41 Å². The number of hydrogen-bond donors (Lipinski definition) is 1. The van der Waals surface area contributed by atoms with Gasteiger partial charge in [-0.2, -0.15) is 5.10 Å². The van der Waals surface area contributed by atoms with Crippen LogP contribution in [-0.2, 0) is 11.8 Å². The highest BCUT2D eigenvalue weighted by atomic mass is 16.1. The maximum atomic E-state index is 12.1. The van der Waals surface area contributed by atoms with Crippen molar-refractivity contribution in [2.45, 2.75) is 30.7 Å². The summed E-state index contributed by atoms with van der Waals surface area (Å²) in [6, 6.07) is 19.7. The van der Waals surface area contributed by atoms with E-state index in [2.05, 4.69) is 89.5 Å². The zero-order valence-corrected chi connectivity index (χ0v) is 17.4. The molecule has 1 saturated carbocycles. The lowest BCUT2D eigenvalue weighted by Crippen LogP contribution is -2.32. The average Bonchev–Trinajstić information content (AvgIpc) is 3.54. The molecule has 1 aromatic heterocycles. The van der Waals surface area contributed by atoms with Gasteiger partial charge in [-0.15, -0.1) is 0 Å². The Balaban J connectivity index is 1.72. The Morgan fingerprint density at radius 3 is 2.50 bits per heavy atom. The van der Waals surface area contributed by atoms with Crippen molar-refractivity contribution < 1.29 is 4.79 Å². The van der Waals surface area contributed by atoms with Gasteiger partial charge >= 0.3 is 0 Å². The summed E-state index contributed by atoms with van der Waals surface area (Å²) in [6.07, 6.45) is 7.23. The minimum absolute atomic E-state index is 0.331. The van der Waals surface area contributed by atoms with Crippen LogP contribution in [0.3, 0.4) is 0 Å². The summed E-state index contributed by atoms with van der Waals surface area (Å²) < 4.78 is 2.06. The fourth-order valence-corrected chi connectivity index (χ4v) is 4.55. The zero-order valence-electron chi connectivity index (χ0n) is 17.4. The maximum absolute atomic E-state index is 12.1. The molecule has 0 radical (unpaired) electrons. The van der Waals surface area contributed by atoms with Crippen LogP contribution in [0.15, 0.2) is 60.7 Å². The molecule has 2 N–H and O–H groups in total. The maximum Gasteiger partial charge on any atom is 0.269 e. The second-order valence-corrected chi connectivity index (χ2v) is 8.54. The van der Waals surface area contributed by atoms with Gasteiger partial charge in [-0.05, 0) is 36.1 Å². The number of nitrogens with two attached hydrogens (primary N) is 1. The predicted octanol–water partition coefficient (Wildman–Crippen LogP) is 3.94. The molecule has 2 aliphatic carbocycles. The number of primary amides is 1. The van der Waals surface area contributed by atoms with Crippen LogP contribution >= 0.6 is 0 Å². The number of hydrogen-bond acceptors (Lipinski definition) is 3. The third-order valence-electron chi connectivity index (χ3n) is 6.32. The first-order valence-electron chi connectivity index (χ1n) is 10.4. The van der Waals surface area contributed by atoms with E-state index < -0.39 is 5.91 Å². The van der Waals surface area contributed by atoms with Crippen LogP contribution in [-0.4, -0.2) is 29.8 Å². The van der Waals surface area contributed by atoms with E-state index in [1.165, 1.54) is 11.1 Å². The van der Waals surface area contributed by atoms with Crippen molar-refractivity contribution in [2.24, 2.45) is 5.73 Å². The third-order valence-corrected chi connectivity index (χ3v) is 6.32. The number of carbonyl (C=O) groups is 1. The number of allylic oxidation sites excluding steroid dienone is 1. The molecule has 2 aliphatic rings. The fraction of sp³-hybridized carbons (Fsp3) is 0.280. The molecule has 152 valence electrons. The van der Waals surface area contributed by atoms with E-state index in [0.29, 0.717) is 11.7 Å². The zero-order chi connectivity index (χ0) is 20.9. The first kappa shape index (κ1) is 18.7. The van der Waals surface area contributed by atoms with Crippen LogP contribution in [0.25, 0.3) is 6.08 Å². The largest absolute Gasteiger partial charge is 0.378 e. The van der Waals surface area contributed by atoms with Crippen molar-refractivity contribution in [3.05, 3.63) is 88.8 Å². The van der Waals surface area contributed by atoms with Crippen molar-refractivity contribution >= 4 is 17.7 Å². The van der Waals surface area contributed by atoms with Gasteiger partial charge in [0.15, 0.2) is 5.69 Å². The average molecular weight is 399 g/mol.